The molecule has 4 rings (SSSR count). The van der Waals surface area contributed by atoms with E-state index in [9.17, 15) is 9.50 Å². The van der Waals surface area contributed by atoms with E-state index in [0.29, 0.717) is 5.92 Å². The molecule has 3 N–H and O–H groups in total. The Hall–Kier alpha value is -2.35. The Balaban J connectivity index is 1.64. The molecule has 0 amide bonds. The van der Waals surface area contributed by atoms with Crippen molar-refractivity contribution < 1.29 is 9.50 Å². The summed E-state index contributed by atoms with van der Waals surface area (Å²) in [4.78, 5) is 0. The van der Waals surface area contributed by atoms with Gasteiger partial charge in [0, 0.05) is 28.8 Å². The van der Waals surface area contributed by atoms with Crippen molar-refractivity contribution in [1.82, 2.24) is 5.32 Å². The molecule has 0 radical (unpaired) electrons. The highest BCUT2D eigenvalue weighted by atomic mass is 19.1. The quantitative estimate of drug-likeness (QED) is 0.707. The number of benzene rings is 2. The molecular weight excluding hydrogens is 303 g/mol. The number of fused-ring (bicyclic) bond motifs is 3. The van der Waals surface area contributed by atoms with Gasteiger partial charge in [0.2, 0.25) is 0 Å². The molecule has 1 fully saturated rings. The van der Waals surface area contributed by atoms with Crippen molar-refractivity contribution in [1.29, 1.82) is 0 Å². The topological polar surface area (TPSA) is 44.3 Å². The molecule has 2 aromatic carbocycles. The number of nitrogens with one attached hydrogen (secondary N) is 2. The smallest absolute Gasteiger partial charge is 0.123 e. The summed E-state index contributed by atoms with van der Waals surface area (Å²) < 4.78 is 12.9. The molecule has 0 bridgehead atoms. The zero-order valence-corrected chi connectivity index (χ0v) is 13.2. The van der Waals surface area contributed by atoms with Crippen molar-refractivity contribution in [2.75, 3.05) is 18.5 Å². The molecule has 122 valence electrons. The molecule has 0 unspecified atom stereocenters. The van der Waals surface area contributed by atoms with Gasteiger partial charge in [0.05, 0.1) is 12.6 Å². The van der Waals surface area contributed by atoms with Gasteiger partial charge in [-0.05, 0) is 61.0 Å². The van der Waals surface area contributed by atoms with Gasteiger partial charge in [0.25, 0.3) is 0 Å². The van der Waals surface area contributed by atoms with E-state index in [1.807, 2.05) is 12.1 Å². The third-order valence-corrected chi connectivity index (χ3v) is 4.91. The molecule has 0 saturated carbocycles. The van der Waals surface area contributed by atoms with Crippen molar-refractivity contribution in [2.24, 2.45) is 5.92 Å². The van der Waals surface area contributed by atoms with Gasteiger partial charge in [-0.3, -0.25) is 0 Å². The van der Waals surface area contributed by atoms with Crippen LogP contribution in [0, 0.1) is 23.6 Å². The molecule has 24 heavy (non-hydrogen) atoms. The van der Waals surface area contributed by atoms with E-state index in [4.69, 9.17) is 0 Å². The van der Waals surface area contributed by atoms with E-state index >= 15 is 0 Å². The minimum absolute atomic E-state index is 0.105. The van der Waals surface area contributed by atoms with Crippen LogP contribution < -0.4 is 10.6 Å². The van der Waals surface area contributed by atoms with Crippen LogP contribution in [-0.2, 0) is 0 Å². The van der Waals surface area contributed by atoms with E-state index in [0.717, 1.165) is 29.8 Å². The molecule has 3 nitrogen and oxygen atoms in total. The van der Waals surface area contributed by atoms with Gasteiger partial charge in [-0.15, -0.1) is 0 Å². The predicted octanol–water partition coefficient (Wildman–Crippen LogP) is 2.66. The summed E-state index contributed by atoms with van der Waals surface area (Å²) in [7, 11) is 0. The number of aliphatic hydroxyl groups is 1. The first-order chi connectivity index (χ1) is 11.7. The summed E-state index contributed by atoms with van der Waals surface area (Å²) in [6.45, 7) is 1.12. The van der Waals surface area contributed by atoms with E-state index in [1.54, 1.807) is 12.1 Å². The minimum Gasteiger partial charge on any atom is -0.394 e. The van der Waals surface area contributed by atoms with E-state index < -0.39 is 0 Å². The third-order valence-electron chi connectivity index (χ3n) is 4.91. The molecule has 3 atom stereocenters. The Morgan fingerprint density at radius 2 is 1.83 bits per heavy atom. The lowest BCUT2D eigenvalue weighted by Gasteiger charge is -2.36. The third kappa shape index (κ3) is 2.77. The summed E-state index contributed by atoms with van der Waals surface area (Å²) in [5, 5.41) is 16.6. The van der Waals surface area contributed by atoms with Crippen molar-refractivity contribution >= 4 is 5.69 Å². The first kappa shape index (κ1) is 15.2. The molecule has 2 aliphatic rings. The highest BCUT2D eigenvalue weighted by molar-refractivity contribution is 5.60. The van der Waals surface area contributed by atoms with Crippen LogP contribution in [0.1, 0.15) is 29.2 Å². The molecule has 4 heteroatoms. The number of anilines is 1. The fourth-order valence-electron chi connectivity index (χ4n) is 3.69. The van der Waals surface area contributed by atoms with Gasteiger partial charge in [-0.2, -0.15) is 0 Å². The Bertz CT molecular complexity index is 807. The van der Waals surface area contributed by atoms with Crippen LogP contribution in [0.5, 0.6) is 0 Å². The molecule has 2 heterocycles. The van der Waals surface area contributed by atoms with E-state index in [1.165, 1.54) is 17.7 Å². The number of aliphatic hydroxyl groups excluding tert-OH is 1. The lowest BCUT2D eigenvalue weighted by atomic mass is 9.83. The number of hydrogen-bond acceptors (Lipinski definition) is 3. The van der Waals surface area contributed by atoms with Crippen LogP contribution in [0.15, 0.2) is 42.5 Å². The standard InChI is InChI=1S/C20H19FN2O/c21-15-6-3-13(4-7-15)1-2-14-5-8-18-17(11-14)20-16(9-10-22-20)19(12-24)23-18/h3-8,11,16,19-20,22-24H,9-10,12H2/t16-,19-,20-/m0/s1. The first-order valence-electron chi connectivity index (χ1n) is 8.27. The van der Waals surface area contributed by atoms with Gasteiger partial charge >= 0.3 is 0 Å². The van der Waals surface area contributed by atoms with Gasteiger partial charge < -0.3 is 15.7 Å². The average Bonchev–Trinajstić information content (AvgIpc) is 3.10. The van der Waals surface area contributed by atoms with Crippen LogP contribution in [0.4, 0.5) is 10.1 Å². The molecule has 2 aliphatic heterocycles. The number of halogens is 1. The maximum Gasteiger partial charge on any atom is 0.123 e. The second-order valence-electron chi connectivity index (χ2n) is 6.38. The molecule has 0 spiro atoms. The van der Waals surface area contributed by atoms with Crippen LogP contribution in [0.25, 0.3) is 0 Å². The number of rotatable bonds is 1. The Morgan fingerprint density at radius 1 is 1.08 bits per heavy atom. The Morgan fingerprint density at radius 3 is 2.62 bits per heavy atom. The van der Waals surface area contributed by atoms with Crippen LogP contribution in [-0.4, -0.2) is 24.3 Å². The summed E-state index contributed by atoms with van der Waals surface area (Å²) in [6.07, 6.45) is 1.06. The first-order valence-corrected chi connectivity index (χ1v) is 8.27. The largest absolute Gasteiger partial charge is 0.394 e. The summed E-state index contributed by atoms with van der Waals surface area (Å²) in [6, 6.07) is 12.7. The minimum atomic E-state index is -0.253. The fraction of sp³-hybridized carbons (Fsp3) is 0.300. The maximum atomic E-state index is 12.9. The second-order valence-corrected chi connectivity index (χ2v) is 6.38. The number of hydrogen-bond donors (Lipinski definition) is 3. The van der Waals surface area contributed by atoms with Crippen LogP contribution >= 0.6 is 0 Å². The second kappa shape index (κ2) is 6.27. The zero-order chi connectivity index (χ0) is 16.5. The van der Waals surface area contributed by atoms with Gasteiger partial charge in [-0.1, -0.05) is 11.8 Å². The Labute approximate surface area is 140 Å². The highest BCUT2D eigenvalue weighted by Crippen LogP contribution is 2.41. The zero-order valence-electron chi connectivity index (χ0n) is 13.2. The van der Waals surface area contributed by atoms with Crippen molar-refractivity contribution in [3.05, 3.63) is 65.0 Å². The van der Waals surface area contributed by atoms with Crippen LogP contribution in [0.2, 0.25) is 0 Å². The van der Waals surface area contributed by atoms with E-state index in [2.05, 4.69) is 28.5 Å². The summed E-state index contributed by atoms with van der Waals surface area (Å²) >= 11 is 0. The van der Waals surface area contributed by atoms with Gasteiger partial charge in [-0.25, -0.2) is 4.39 Å². The van der Waals surface area contributed by atoms with Crippen molar-refractivity contribution in [2.45, 2.75) is 18.5 Å². The summed E-state index contributed by atoms with van der Waals surface area (Å²) in [5.41, 5.74) is 4.02. The highest BCUT2D eigenvalue weighted by Gasteiger charge is 2.39. The van der Waals surface area contributed by atoms with Crippen molar-refractivity contribution in [3.8, 4) is 11.8 Å². The average molecular weight is 322 g/mol. The monoisotopic (exact) mass is 322 g/mol. The SMILES string of the molecule is OC[C@@H]1Nc2ccc(C#Cc3ccc(F)cc3)cc2[C@H]2NCC[C@@H]12. The predicted molar refractivity (Wildman–Crippen MR) is 92.2 cm³/mol. The van der Waals surface area contributed by atoms with Gasteiger partial charge in [0.15, 0.2) is 0 Å². The summed E-state index contributed by atoms with van der Waals surface area (Å²) in [5.74, 6) is 6.39. The van der Waals surface area contributed by atoms with Crippen molar-refractivity contribution in [3.63, 3.8) is 0 Å². The maximum absolute atomic E-state index is 12.9. The fourth-order valence-corrected chi connectivity index (χ4v) is 3.69. The molecule has 0 aromatic heterocycles. The van der Waals surface area contributed by atoms with E-state index in [-0.39, 0.29) is 24.5 Å². The Kier molecular flexibility index (Phi) is 3.97. The molecule has 1 saturated heterocycles. The normalized spacial score (nSPS) is 24.3. The lowest BCUT2D eigenvalue weighted by molar-refractivity contribution is 0.224. The van der Waals surface area contributed by atoms with Gasteiger partial charge in [0.1, 0.15) is 5.82 Å². The molecule has 2 aromatic rings. The molecular formula is C20H19FN2O. The lowest BCUT2D eigenvalue weighted by Crippen LogP contribution is -2.40. The van der Waals surface area contributed by atoms with Crippen LogP contribution in [0.3, 0.4) is 0 Å². The molecule has 0 aliphatic carbocycles.